The summed E-state index contributed by atoms with van der Waals surface area (Å²) < 4.78 is 14.9. The number of hydrogen-bond acceptors (Lipinski definition) is 11. The molecule has 1 N–H and O–H groups in total. The molecule has 434 valence electrons. The van der Waals surface area contributed by atoms with Crippen molar-refractivity contribution in [1.29, 1.82) is 0 Å². The van der Waals surface area contributed by atoms with Crippen LogP contribution in [0.25, 0.3) is 11.1 Å². The van der Waals surface area contributed by atoms with Gasteiger partial charge in [0.25, 0.3) is 0 Å². The van der Waals surface area contributed by atoms with Gasteiger partial charge < -0.3 is 24.6 Å². The van der Waals surface area contributed by atoms with Gasteiger partial charge in [-0.1, -0.05) is 117 Å². The van der Waals surface area contributed by atoms with Crippen molar-refractivity contribution in [3.05, 3.63) is 160 Å². The molecule has 3 unspecified atom stereocenters. The molecule has 3 aliphatic heterocycles. The molecule has 3 fully saturated rings. The number of fused-ring (bicyclic) bond motifs is 3. The third-order valence-electron chi connectivity index (χ3n) is 15.4. The predicted molar refractivity (Wildman–Crippen MR) is 323 cm³/mol. The van der Waals surface area contributed by atoms with Crippen molar-refractivity contribution in [1.82, 2.24) is 15.1 Å². The molecule has 0 bridgehead atoms. The topological polar surface area (TPSA) is 174 Å². The third kappa shape index (κ3) is 20.5. The normalized spacial score (nSPS) is 16.5. The zero-order valence-electron chi connectivity index (χ0n) is 48.3. The van der Waals surface area contributed by atoms with Gasteiger partial charge in [0.15, 0.2) is 0 Å². The summed E-state index contributed by atoms with van der Waals surface area (Å²) in [5.74, 6) is 1.93. The van der Waals surface area contributed by atoms with Gasteiger partial charge in [0.2, 0.25) is 0 Å². The van der Waals surface area contributed by atoms with Crippen LogP contribution in [0, 0.1) is 38.5 Å². The number of amides is 2. The van der Waals surface area contributed by atoms with Crippen LogP contribution in [0.1, 0.15) is 128 Å². The molecule has 3 atom stereocenters. The van der Waals surface area contributed by atoms with E-state index in [1.807, 2.05) is 30.6 Å². The van der Waals surface area contributed by atoms with Crippen LogP contribution in [0.2, 0.25) is 0 Å². The van der Waals surface area contributed by atoms with Gasteiger partial charge in [0.1, 0.15) is 12.2 Å². The maximum absolute atomic E-state index is 12.9. The van der Waals surface area contributed by atoms with Crippen molar-refractivity contribution >= 4 is 78.4 Å². The van der Waals surface area contributed by atoms with Gasteiger partial charge in [-0.2, -0.15) is 28.8 Å². The van der Waals surface area contributed by atoms with Crippen LogP contribution in [-0.4, -0.2) is 91.9 Å². The first kappa shape index (κ1) is 67.7. The summed E-state index contributed by atoms with van der Waals surface area (Å²) in [4.78, 5) is 77.6. The molecule has 5 aromatic carbocycles. The zero-order chi connectivity index (χ0) is 59.8. The van der Waals surface area contributed by atoms with Crippen LogP contribution in [0.5, 0.6) is 0 Å². The van der Waals surface area contributed by atoms with Gasteiger partial charge in [0, 0.05) is 45.5 Å². The van der Waals surface area contributed by atoms with E-state index in [0.29, 0.717) is 18.4 Å². The van der Waals surface area contributed by atoms with Gasteiger partial charge in [-0.15, -0.1) is 0 Å². The number of aryl methyl sites for hydroxylation is 3. The number of nitrogens with zero attached hydrogens (tertiary/aromatic N) is 2. The third-order valence-corrected chi connectivity index (χ3v) is 16.8. The molecule has 0 saturated carbocycles. The number of ether oxygens (including phenoxy) is 2. The molecule has 1 aliphatic carbocycles. The second kappa shape index (κ2) is 33.9. The van der Waals surface area contributed by atoms with Crippen molar-refractivity contribution in [2.45, 2.75) is 132 Å². The van der Waals surface area contributed by atoms with Crippen molar-refractivity contribution in [2.24, 2.45) is 17.8 Å². The Hall–Kier alpha value is -5.82. The molecule has 4 aliphatic rings. The number of likely N-dealkylation sites (tertiary alicyclic amines) is 2. The molecular weight excluding hydrogens is 1220 g/mol. The molecule has 13 nitrogen and oxygen atoms in total. The minimum absolute atomic E-state index is 0.108. The molecule has 81 heavy (non-hydrogen) atoms. The van der Waals surface area contributed by atoms with Gasteiger partial charge in [0.05, 0.1) is 0 Å². The number of rotatable bonds is 11. The summed E-state index contributed by atoms with van der Waals surface area (Å²) in [7, 11) is 0. The van der Waals surface area contributed by atoms with E-state index < -0.39 is 5.60 Å². The fraction of sp³-hybridized carbons (Fsp3) is 0.462. The van der Waals surface area contributed by atoms with Crippen LogP contribution >= 0.6 is 47.8 Å². The number of hydrogen-bond donors (Lipinski definition) is 1. The van der Waals surface area contributed by atoms with Crippen LogP contribution in [0.15, 0.2) is 98.3 Å². The smallest absolute Gasteiger partial charge is 0.410 e. The average molecular weight is 1300 g/mol. The van der Waals surface area contributed by atoms with Crippen molar-refractivity contribution in [3.63, 3.8) is 0 Å². The van der Waals surface area contributed by atoms with E-state index in [4.69, 9.17) is 38.2 Å². The molecular formula is C65H78Br3N3O10. The highest BCUT2D eigenvalue weighted by Gasteiger charge is 2.33. The number of carbonyl (C=O) groups is 2. The highest BCUT2D eigenvalue weighted by Crippen LogP contribution is 2.45. The van der Waals surface area contributed by atoms with E-state index in [1.54, 1.807) is 0 Å². The van der Waals surface area contributed by atoms with E-state index in [2.05, 4.69) is 180 Å². The minimum atomic E-state index is -0.425. The molecule has 3 saturated heterocycles. The van der Waals surface area contributed by atoms with Gasteiger partial charge in [-0.25, -0.2) is 9.59 Å². The highest BCUT2D eigenvalue weighted by molar-refractivity contribution is 9.11. The number of halogens is 3. The Balaban J connectivity index is 0.000000256. The zero-order valence-corrected chi connectivity index (χ0v) is 53.1. The van der Waals surface area contributed by atoms with Crippen LogP contribution < -0.4 is 5.32 Å². The van der Waals surface area contributed by atoms with Crippen LogP contribution in [-0.2, 0) is 76.8 Å². The number of carbonyl (C=O) groups excluding carboxylic acids is 8. The lowest BCUT2D eigenvalue weighted by Gasteiger charge is -2.24. The second-order valence-corrected chi connectivity index (χ2v) is 24.6. The summed E-state index contributed by atoms with van der Waals surface area (Å²) >= 11 is 10.9. The van der Waals surface area contributed by atoms with E-state index in [1.165, 1.54) is 103 Å². The van der Waals surface area contributed by atoms with Crippen molar-refractivity contribution in [2.75, 3.05) is 45.9 Å². The van der Waals surface area contributed by atoms with E-state index in [-0.39, 0.29) is 36.6 Å². The molecule has 0 radical (unpaired) electrons. The fourth-order valence-corrected chi connectivity index (χ4v) is 13.0. The SMILES string of the molecule is CCc1cc(Br)cc(CC2CCN(C(=O)OC(C)(C)C)C2)c1C.CCc1cc(Br)cc(CC2CCN(C(=O)OCC3c4ccccc4-c4ccccc43)C2)c1C.CCc1cc(Br)cc(CC2CCNC2)c1C.O=C=O.O=C=O.O=C=O. The molecule has 0 spiro atoms. The predicted octanol–water partition coefficient (Wildman–Crippen LogP) is 14.0. The Morgan fingerprint density at radius 1 is 0.556 bits per heavy atom. The molecule has 5 aromatic rings. The lowest BCUT2D eigenvalue weighted by molar-refractivity contribution is -0.193. The van der Waals surface area contributed by atoms with Crippen molar-refractivity contribution in [3.8, 4) is 11.1 Å². The first-order chi connectivity index (χ1) is 38.7. The number of nitrogens with one attached hydrogen (secondary N) is 1. The Morgan fingerprint density at radius 3 is 1.27 bits per heavy atom. The van der Waals surface area contributed by atoms with Crippen LogP contribution in [0.4, 0.5) is 9.59 Å². The summed E-state index contributed by atoms with van der Waals surface area (Å²) in [6.45, 7) is 25.0. The Morgan fingerprint density at radius 2 is 0.914 bits per heavy atom. The first-order valence-corrected chi connectivity index (χ1v) is 30.2. The summed E-state index contributed by atoms with van der Waals surface area (Å²) in [6, 6.07) is 30.4. The maximum Gasteiger partial charge on any atom is 0.410 e. The molecule has 0 aromatic heterocycles. The summed E-state index contributed by atoms with van der Waals surface area (Å²) in [5, 5.41) is 3.44. The standard InChI is InChI=1S/C29H30BrNO2.C19H28BrNO2.C14H20BrN.3CO2/c1-3-21-15-23(30)16-22(19(21)2)14-20-12-13-31(17-20)29(32)33-18-28-26-10-6-4-8-24(26)25-9-5-7-11-27(25)28;1-6-15-10-17(20)11-16(13(15)2)9-14-7-8-21(12-14)18(22)23-19(3,4)5;1-3-12-7-14(15)8-13(10(12)2)6-11-4-5-16-9-11;3*2-1-3/h4-11,15-16,20,28H,3,12-14,17-18H2,1-2H3;10-11,14H,6-9,12H2,1-5H3;7-8,11,16H,3-6,9H2,1-2H3;;;. The van der Waals surface area contributed by atoms with Crippen LogP contribution in [0.3, 0.4) is 0 Å². The van der Waals surface area contributed by atoms with Crippen molar-refractivity contribution < 1.29 is 47.8 Å². The largest absolute Gasteiger partial charge is 0.448 e. The maximum atomic E-state index is 12.9. The quantitative estimate of drug-likeness (QED) is 0.133. The Kier molecular flexibility index (Phi) is 28.4. The lowest BCUT2D eigenvalue weighted by atomic mass is 9.92. The Bertz CT molecular complexity index is 2910. The summed E-state index contributed by atoms with van der Waals surface area (Å²) in [5.41, 5.74) is 17.5. The average Bonchev–Trinajstić information content (AvgIpc) is 4.32. The van der Waals surface area contributed by atoms with Gasteiger partial charge >= 0.3 is 30.6 Å². The molecule has 16 heteroatoms. The fourth-order valence-electron chi connectivity index (χ4n) is 11.3. The van der Waals surface area contributed by atoms with E-state index in [0.717, 1.165) is 86.0 Å². The lowest BCUT2D eigenvalue weighted by Crippen LogP contribution is -2.35. The molecule has 2 amide bonds. The second-order valence-electron chi connectivity index (χ2n) is 21.8. The number of benzene rings is 5. The van der Waals surface area contributed by atoms with Gasteiger partial charge in [-0.3, -0.25) is 0 Å². The highest BCUT2D eigenvalue weighted by atomic mass is 79.9. The summed E-state index contributed by atoms with van der Waals surface area (Å²) in [6.07, 6.45) is 10.3. The van der Waals surface area contributed by atoms with E-state index >= 15 is 0 Å². The first-order valence-electron chi connectivity index (χ1n) is 27.8. The Labute approximate surface area is 504 Å². The van der Waals surface area contributed by atoms with E-state index in [9.17, 15) is 9.59 Å². The molecule has 9 rings (SSSR count). The van der Waals surface area contributed by atoms with Gasteiger partial charge in [-0.05, 0) is 239 Å². The molecule has 3 heterocycles. The minimum Gasteiger partial charge on any atom is -0.448 e. The monoisotopic (exact) mass is 1300 g/mol.